The van der Waals surface area contributed by atoms with E-state index in [0.717, 1.165) is 40.1 Å². The second-order valence-electron chi connectivity index (χ2n) is 10.2. The molecule has 0 heterocycles. The summed E-state index contributed by atoms with van der Waals surface area (Å²) < 4.78 is 64.4. The Kier molecular flexibility index (Phi) is 11.6. The molecule has 0 saturated heterocycles. The van der Waals surface area contributed by atoms with Crippen LogP contribution in [-0.4, -0.2) is 44.6 Å². The van der Waals surface area contributed by atoms with Gasteiger partial charge in [-0.2, -0.15) is 5.10 Å². The van der Waals surface area contributed by atoms with E-state index in [1.807, 2.05) is 32.0 Å². The maximum Gasteiger partial charge on any atom is 0.573 e. The molecule has 3 N–H and O–H groups in total. The van der Waals surface area contributed by atoms with Crippen molar-refractivity contribution < 1.29 is 26.3 Å². The number of amidine groups is 2. The number of para-hydroxylation sites is 1. The number of nitrogens with zero attached hydrogens (tertiary/aromatic N) is 4. The fourth-order valence-corrected chi connectivity index (χ4v) is 5.43. The third-order valence-corrected chi connectivity index (χ3v) is 8.50. The number of thioether (sulfide) groups is 1. The quantitative estimate of drug-likeness (QED) is 0.103. The lowest BCUT2D eigenvalue weighted by Crippen LogP contribution is -2.16. The lowest BCUT2D eigenvalue weighted by atomic mass is 10.1. The molecule has 244 valence electrons. The molecule has 4 aromatic rings. The van der Waals surface area contributed by atoms with Crippen LogP contribution < -0.4 is 15.9 Å². The molecule has 0 unspecified atom stereocenters. The topological polar surface area (TPSA) is 131 Å². The highest BCUT2D eigenvalue weighted by atomic mass is 32.2. The second kappa shape index (κ2) is 15.6. The van der Waals surface area contributed by atoms with Crippen LogP contribution in [0.3, 0.4) is 0 Å². The van der Waals surface area contributed by atoms with Crippen molar-refractivity contribution >= 4 is 56.5 Å². The summed E-state index contributed by atoms with van der Waals surface area (Å²) in [5, 5.41) is 4.94. The van der Waals surface area contributed by atoms with Crippen molar-refractivity contribution in [2.45, 2.75) is 30.9 Å². The van der Waals surface area contributed by atoms with Crippen LogP contribution in [0.15, 0.2) is 116 Å². The zero-order valence-electron chi connectivity index (χ0n) is 25.6. The van der Waals surface area contributed by atoms with Crippen molar-refractivity contribution in [3.05, 3.63) is 119 Å². The van der Waals surface area contributed by atoms with E-state index >= 15 is 0 Å². The minimum Gasteiger partial charge on any atom is -0.406 e. The van der Waals surface area contributed by atoms with Crippen LogP contribution in [0.4, 0.5) is 24.5 Å². The number of alkyl halides is 3. The van der Waals surface area contributed by atoms with Gasteiger partial charge in [-0.15, -0.1) is 13.2 Å². The molecule has 0 saturated carbocycles. The van der Waals surface area contributed by atoms with Gasteiger partial charge < -0.3 is 10.5 Å². The molecule has 4 aromatic carbocycles. The molecule has 0 amide bonds. The van der Waals surface area contributed by atoms with Gasteiger partial charge in [0.2, 0.25) is 0 Å². The zero-order chi connectivity index (χ0) is 34.0. The number of aryl methyl sites for hydroxylation is 2. The van der Waals surface area contributed by atoms with Crippen LogP contribution in [0.1, 0.15) is 27.8 Å². The Bertz CT molecular complexity index is 1890. The first-order chi connectivity index (χ1) is 22.3. The average molecular weight is 681 g/mol. The Morgan fingerprint density at radius 2 is 1.57 bits per heavy atom. The van der Waals surface area contributed by atoms with E-state index in [2.05, 4.69) is 25.2 Å². The van der Waals surface area contributed by atoms with Crippen LogP contribution in [-0.2, 0) is 15.6 Å². The zero-order valence-corrected chi connectivity index (χ0v) is 27.2. The predicted octanol–water partition coefficient (Wildman–Crippen LogP) is 7.22. The Hall–Kier alpha value is -4.95. The van der Waals surface area contributed by atoms with Gasteiger partial charge in [-0.25, -0.2) is 23.4 Å². The maximum atomic E-state index is 12.3. The second-order valence-corrected chi connectivity index (χ2v) is 13.1. The largest absolute Gasteiger partial charge is 0.573 e. The molecular weight excluding hydrogens is 650 g/mol. The lowest BCUT2D eigenvalue weighted by Gasteiger charge is -2.09. The monoisotopic (exact) mass is 680 g/mol. The van der Waals surface area contributed by atoms with Crippen molar-refractivity contribution in [1.82, 2.24) is 5.43 Å². The summed E-state index contributed by atoms with van der Waals surface area (Å²) in [7, 11) is -3.28. The Morgan fingerprint density at radius 3 is 2.17 bits per heavy atom. The number of sulfone groups is 1. The third-order valence-electron chi connectivity index (χ3n) is 6.43. The summed E-state index contributed by atoms with van der Waals surface area (Å²) in [6, 6.07) is 24.8. The Morgan fingerprint density at radius 1 is 0.936 bits per heavy atom. The Balaban J connectivity index is 1.41. The normalized spacial score (nSPS) is 13.0. The highest BCUT2D eigenvalue weighted by Gasteiger charge is 2.30. The van der Waals surface area contributed by atoms with E-state index < -0.39 is 16.2 Å². The molecule has 0 fully saturated rings. The van der Waals surface area contributed by atoms with Crippen LogP contribution in [0, 0.1) is 13.8 Å². The summed E-state index contributed by atoms with van der Waals surface area (Å²) >= 11 is 1.43. The average Bonchev–Trinajstić information content (AvgIpc) is 3.01. The summed E-state index contributed by atoms with van der Waals surface area (Å²) in [5.74, 6) is 0.377. The molecule has 0 aliphatic heterocycles. The van der Waals surface area contributed by atoms with Gasteiger partial charge >= 0.3 is 6.36 Å². The van der Waals surface area contributed by atoms with E-state index in [9.17, 15) is 21.6 Å². The molecule has 0 spiro atoms. The smallest absolute Gasteiger partial charge is 0.406 e. The molecule has 0 bridgehead atoms. The molecule has 0 aromatic heterocycles. The van der Waals surface area contributed by atoms with Gasteiger partial charge in [0.05, 0.1) is 22.5 Å². The number of hydrazone groups is 1. The number of hydrogen-bond acceptors (Lipinski definition) is 7. The Labute approximate surface area is 275 Å². The minimum absolute atomic E-state index is 0.191. The molecular formula is C33H31F3N6O3S2. The van der Waals surface area contributed by atoms with E-state index in [4.69, 9.17) is 10.7 Å². The molecule has 0 aliphatic carbocycles. The first kappa shape index (κ1) is 34.9. The lowest BCUT2D eigenvalue weighted by molar-refractivity contribution is -0.274. The summed E-state index contributed by atoms with van der Waals surface area (Å²) in [4.78, 5) is 13.3. The summed E-state index contributed by atoms with van der Waals surface area (Å²) in [6.07, 6.45) is -0.748. The molecule has 14 heteroatoms. The fraction of sp³-hybridized carbons (Fsp3) is 0.152. The number of halogens is 3. The van der Waals surface area contributed by atoms with Gasteiger partial charge in [0, 0.05) is 17.6 Å². The molecule has 0 atom stereocenters. The third kappa shape index (κ3) is 11.1. The molecule has 0 radical (unpaired) electrons. The van der Waals surface area contributed by atoms with Gasteiger partial charge in [0.25, 0.3) is 0 Å². The van der Waals surface area contributed by atoms with Crippen molar-refractivity contribution in [3.63, 3.8) is 0 Å². The number of aliphatic imine (C=N–C) groups is 3. The SMILES string of the molecule is Cc1cccc(C)c1N=C(N/N=C/c1ccc(C(N)=NC=Nc2ccc(OC(F)(F)F)cc2)cc1)SCc1ccc(S(C)(=O)=O)cc1. The van der Waals surface area contributed by atoms with Crippen LogP contribution in [0.25, 0.3) is 0 Å². The maximum absolute atomic E-state index is 12.3. The summed E-state index contributed by atoms with van der Waals surface area (Å²) in [5.41, 5.74) is 14.7. The van der Waals surface area contributed by atoms with Gasteiger partial charge in [-0.3, -0.25) is 5.43 Å². The van der Waals surface area contributed by atoms with E-state index in [1.54, 1.807) is 54.7 Å². The van der Waals surface area contributed by atoms with E-state index in [-0.39, 0.29) is 16.5 Å². The van der Waals surface area contributed by atoms with Crippen molar-refractivity contribution in [2.24, 2.45) is 25.8 Å². The summed E-state index contributed by atoms with van der Waals surface area (Å²) in [6.45, 7) is 3.97. The van der Waals surface area contributed by atoms with E-state index in [1.165, 1.54) is 36.5 Å². The van der Waals surface area contributed by atoms with Crippen LogP contribution in [0.2, 0.25) is 0 Å². The number of benzene rings is 4. The number of rotatable bonds is 10. The standard InChI is InChI=1S/C33H31F3N6O3S2/c1-22-5-4-6-23(2)30(22)41-32(46-20-25-9-17-29(18-10-25)47(3,43)44)42-40-19-24-7-11-26(12-8-24)31(37)39-21-38-27-13-15-28(16-14-27)45-33(34,35)36/h4-19,21H,20H2,1-3H3,(H,41,42)(H2,37,38,39)/b40-19+. The van der Waals surface area contributed by atoms with Gasteiger partial charge in [0.15, 0.2) is 15.0 Å². The van der Waals surface area contributed by atoms with Crippen molar-refractivity contribution in [1.29, 1.82) is 0 Å². The first-order valence-corrected chi connectivity index (χ1v) is 16.8. The number of nitrogens with two attached hydrogens (primary N) is 1. The highest BCUT2D eigenvalue weighted by Crippen LogP contribution is 2.26. The molecule has 0 aliphatic rings. The van der Waals surface area contributed by atoms with Gasteiger partial charge in [-0.1, -0.05) is 66.4 Å². The fourth-order valence-electron chi connectivity index (χ4n) is 4.03. The van der Waals surface area contributed by atoms with Crippen molar-refractivity contribution in [3.8, 4) is 5.75 Å². The molecule has 9 nitrogen and oxygen atoms in total. The van der Waals surface area contributed by atoms with Crippen LogP contribution in [0.5, 0.6) is 5.75 Å². The van der Waals surface area contributed by atoms with Gasteiger partial charge in [-0.05, 0) is 72.5 Å². The van der Waals surface area contributed by atoms with E-state index in [0.29, 0.717) is 22.2 Å². The number of hydrogen-bond donors (Lipinski definition) is 2. The number of ether oxygens (including phenoxy) is 1. The number of nitrogens with one attached hydrogen (secondary N) is 1. The molecule has 47 heavy (non-hydrogen) atoms. The molecule has 4 rings (SSSR count). The first-order valence-electron chi connectivity index (χ1n) is 13.9. The van der Waals surface area contributed by atoms with Crippen molar-refractivity contribution in [2.75, 3.05) is 6.26 Å². The van der Waals surface area contributed by atoms with Crippen LogP contribution >= 0.6 is 11.8 Å². The minimum atomic E-state index is -4.77. The highest BCUT2D eigenvalue weighted by molar-refractivity contribution is 8.13. The predicted molar refractivity (Wildman–Crippen MR) is 183 cm³/mol. The van der Waals surface area contributed by atoms with Gasteiger partial charge in [0.1, 0.15) is 17.9 Å².